The Labute approximate surface area is 191 Å². The number of imidazole rings is 1. The lowest BCUT2D eigenvalue weighted by atomic mass is 10.1. The molecule has 0 fully saturated rings. The molecule has 9 nitrogen and oxygen atoms in total. The number of fused-ring (bicyclic) bond motifs is 1. The van der Waals surface area contributed by atoms with Gasteiger partial charge in [0.05, 0.1) is 11.2 Å². The van der Waals surface area contributed by atoms with Gasteiger partial charge >= 0.3 is 5.69 Å². The van der Waals surface area contributed by atoms with Crippen LogP contribution in [0.1, 0.15) is 23.6 Å². The van der Waals surface area contributed by atoms with E-state index < -0.39 is 27.3 Å². The van der Waals surface area contributed by atoms with Gasteiger partial charge in [-0.05, 0) is 31.0 Å². The molecule has 4 aromatic rings. The maximum absolute atomic E-state index is 13.1. The number of aryl methyl sites for hydroxylation is 3. The van der Waals surface area contributed by atoms with Crippen molar-refractivity contribution in [1.82, 2.24) is 23.4 Å². The Morgan fingerprint density at radius 2 is 1.64 bits per heavy atom. The van der Waals surface area contributed by atoms with Crippen LogP contribution >= 0.6 is 0 Å². The van der Waals surface area contributed by atoms with E-state index in [1.807, 2.05) is 37.3 Å². The lowest BCUT2D eigenvalue weighted by molar-refractivity contribution is 0.510. The van der Waals surface area contributed by atoms with Crippen LogP contribution in [0.25, 0.3) is 11.2 Å². The molecule has 1 unspecified atom stereocenters. The maximum atomic E-state index is 13.1. The fourth-order valence-electron chi connectivity index (χ4n) is 3.79. The molecule has 0 bridgehead atoms. The predicted octanol–water partition coefficient (Wildman–Crippen LogP) is 1.85. The zero-order valence-corrected chi connectivity index (χ0v) is 19.4. The second-order valence-electron chi connectivity index (χ2n) is 8.00. The van der Waals surface area contributed by atoms with Gasteiger partial charge in [0.2, 0.25) is 10.0 Å². The van der Waals surface area contributed by atoms with Gasteiger partial charge in [0.25, 0.3) is 5.56 Å². The van der Waals surface area contributed by atoms with Gasteiger partial charge in [-0.15, -0.1) is 0 Å². The van der Waals surface area contributed by atoms with Gasteiger partial charge in [-0.3, -0.25) is 13.9 Å². The number of nitrogens with one attached hydrogen (secondary N) is 1. The Morgan fingerprint density at radius 1 is 0.970 bits per heavy atom. The van der Waals surface area contributed by atoms with Gasteiger partial charge in [-0.1, -0.05) is 48.0 Å². The van der Waals surface area contributed by atoms with E-state index in [-0.39, 0.29) is 4.90 Å². The van der Waals surface area contributed by atoms with Gasteiger partial charge < -0.3 is 4.57 Å². The van der Waals surface area contributed by atoms with Gasteiger partial charge in [0, 0.05) is 26.7 Å². The van der Waals surface area contributed by atoms with Gasteiger partial charge in [0.15, 0.2) is 11.2 Å². The Morgan fingerprint density at radius 3 is 2.30 bits per heavy atom. The standard InChI is InChI=1S/C23H25N5O4S/c1-16-9-11-18(12-10-16)33(31,32)25-19(17-7-5-4-6-8-17)13-14-28-15-24-21-20(28)22(29)27(3)23(30)26(21)2/h4-12,15,19,25H,13-14H2,1-3H3. The Kier molecular flexibility index (Phi) is 6.05. The summed E-state index contributed by atoms with van der Waals surface area (Å²) in [6.45, 7) is 2.21. The summed E-state index contributed by atoms with van der Waals surface area (Å²) in [7, 11) is -0.791. The second kappa shape index (κ2) is 8.80. The molecule has 1 N–H and O–H groups in total. The highest BCUT2D eigenvalue weighted by molar-refractivity contribution is 7.89. The lowest BCUT2D eigenvalue weighted by Gasteiger charge is -2.20. The predicted molar refractivity (Wildman–Crippen MR) is 126 cm³/mol. The highest BCUT2D eigenvalue weighted by Crippen LogP contribution is 2.22. The summed E-state index contributed by atoms with van der Waals surface area (Å²) in [6, 6.07) is 15.4. The molecule has 2 heterocycles. The average Bonchev–Trinajstić information content (AvgIpc) is 3.24. The normalized spacial score (nSPS) is 12.8. The number of hydrogen-bond acceptors (Lipinski definition) is 5. The van der Waals surface area contributed by atoms with E-state index in [4.69, 9.17) is 0 Å². The third kappa shape index (κ3) is 4.39. The molecular formula is C23H25N5O4S. The van der Waals surface area contributed by atoms with E-state index in [1.54, 1.807) is 35.9 Å². The molecule has 10 heteroatoms. The van der Waals surface area contributed by atoms with E-state index in [0.717, 1.165) is 15.7 Å². The highest BCUT2D eigenvalue weighted by Gasteiger charge is 2.22. The first-order valence-electron chi connectivity index (χ1n) is 10.4. The molecular weight excluding hydrogens is 442 g/mol. The van der Waals surface area contributed by atoms with Crippen LogP contribution in [0.15, 0.2) is 75.4 Å². The quantitative estimate of drug-likeness (QED) is 0.446. The number of benzene rings is 2. The van der Waals surface area contributed by atoms with Crippen LogP contribution in [0.4, 0.5) is 0 Å². The van der Waals surface area contributed by atoms with E-state index in [9.17, 15) is 18.0 Å². The molecule has 0 aliphatic heterocycles. The molecule has 0 aliphatic carbocycles. The third-order valence-corrected chi connectivity index (χ3v) is 7.19. The number of rotatable bonds is 7. The van der Waals surface area contributed by atoms with Crippen molar-refractivity contribution < 1.29 is 8.42 Å². The molecule has 0 amide bonds. The second-order valence-corrected chi connectivity index (χ2v) is 9.72. The van der Waals surface area contributed by atoms with Crippen LogP contribution in [0.2, 0.25) is 0 Å². The van der Waals surface area contributed by atoms with E-state index >= 15 is 0 Å². The smallest absolute Gasteiger partial charge is 0.325 e. The van der Waals surface area contributed by atoms with Crippen LogP contribution in [0.5, 0.6) is 0 Å². The maximum Gasteiger partial charge on any atom is 0.332 e. The van der Waals surface area contributed by atoms with Crippen molar-refractivity contribution in [2.75, 3.05) is 0 Å². The minimum Gasteiger partial charge on any atom is -0.325 e. The van der Waals surface area contributed by atoms with Crippen molar-refractivity contribution in [3.8, 4) is 0 Å². The van der Waals surface area contributed by atoms with Gasteiger partial charge in [-0.25, -0.2) is 22.9 Å². The van der Waals surface area contributed by atoms with Crippen LogP contribution in [0, 0.1) is 6.92 Å². The summed E-state index contributed by atoms with van der Waals surface area (Å²) in [4.78, 5) is 29.3. The first-order chi connectivity index (χ1) is 15.7. The van der Waals surface area contributed by atoms with Crippen LogP contribution in [-0.2, 0) is 30.7 Å². The number of hydrogen-bond donors (Lipinski definition) is 1. The summed E-state index contributed by atoms with van der Waals surface area (Å²) in [6.07, 6.45) is 1.87. The first kappa shape index (κ1) is 22.7. The fraction of sp³-hybridized carbons (Fsp3) is 0.261. The molecule has 1 atom stereocenters. The molecule has 4 rings (SSSR count). The molecule has 0 saturated heterocycles. The summed E-state index contributed by atoms with van der Waals surface area (Å²) in [5, 5.41) is 0. The molecule has 2 aromatic heterocycles. The summed E-state index contributed by atoms with van der Waals surface area (Å²) in [5.74, 6) is 0. The van der Waals surface area contributed by atoms with Crippen LogP contribution < -0.4 is 16.0 Å². The monoisotopic (exact) mass is 467 g/mol. The SMILES string of the molecule is Cc1ccc(S(=O)(=O)NC(CCn2cnc3c2c(=O)n(C)c(=O)n3C)c2ccccc2)cc1. The van der Waals surface area contributed by atoms with E-state index in [2.05, 4.69) is 9.71 Å². The van der Waals surface area contributed by atoms with Crippen molar-refractivity contribution in [2.45, 2.75) is 30.8 Å². The number of sulfonamides is 1. The Balaban J connectivity index is 1.67. The Bertz CT molecular complexity index is 1520. The van der Waals surface area contributed by atoms with Gasteiger partial charge in [0.1, 0.15) is 0 Å². The molecule has 0 spiro atoms. The lowest BCUT2D eigenvalue weighted by Crippen LogP contribution is -2.37. The number of aromatic nitrogens is 4. The fourth-order valence-corrected chi connectivity index (χ4v) is 5.05. The highest BCUT2D eigenvalue weighted by atomic mass is 32.2. The van der Waals surface area contributed by atoms with Crippen LogP contribution in [-0.4, -0.2) is 27.1 Å². The average molecular weight is 468 g/mol. The minimum absolute atomic E-state index is 0.186. The largest absolute Gasteiger partial charge is 0.332 e. The molecule has 33 heavy (non-hydrogen) atoms. The van der Waals surface area contributed by atoms with E-state index in [0.29, 0.717) is 24.1 Å². The number of nitrogens with zero attached hydrogens (tertiary/aromatic N) is 4. The van der Waals surface area contributed by atoms with Crippen LogP contribution in [0.3, 0.4) is 0 Å². The van der Waals surface area contributed by atoms with E-state index in [1.165, 1.54) is 17.9 Å². The summed E-state index contributed by atoms with van der Waals surface area (Å²) < 4.78 is 32.9. The first-order valence-corrected chi connectivity index (χ1v) is 11.9. The van der Waals surface area contributed by atoms with Crippen molar-refractivity contribution in [3.05, 3.63) is 92.9 Å². The molecule has 0 aliphatic rings. The molecule has 172 valence electrons. The summed E-state index contributed by atoms with van der Waals surface area (Å²) >= 11 is 0. The van der Waals surface area contributed by atoms with Crippen molar-refractivity contribution in [3.63, 3.8) is 0 Å². The Hall–Kier alpha value is -3.50. The minimum atomic E-state index is -3.77. The van der Waals surface area contributed by atoms with Crippen molar-refractivity contribution >= 4 is 21.2 Å². The zero-order valence-electron chi connectivity index (χ0n) is 18.6. The van der Waals surface area contributed by atoms with Gasteiger partial charge in [-0.2, -0.15) is 0 Å². The van der Waals surface area contributed by atoms with Crippen molar-refractivity contribution in [2.24, 2.45) is 14.1 Å². The summed E-state index contributed by atoms with van der Waals surface area (Å²) in [5.41, 5.74) is 1.47. The third-order valence-electron chi connectivity index (χ3n) is 5.71. The zero-order chi connectivity index (χ0) is 23.8. The molecule has 2 aromatic carbocycles. The molecule has 0 radical (unpaired) electrons. The molecule has 0 saturated carbocycles. The van der Waals surface area contributed by atoms with Crippen molar-refractivity contribution in [1.29, 1.82) is 0 Å². The topological polar surface area (TPSA) is 108 Å².